The van der Waals surface area contributed by atoms with Gasteiger partial charge in [0.05, 0.1) is 21.2 Å². The second-order valence-electron chi connectivity index (χ2n) is 8.40. The third kappa shape index (κ3) is 4.74. The summed E-state index contributed by atoms with van der Waals surface area (Å²) < 4.78 is 18.1. The summed E-state index contributed by atoms with van der Waals surface area (Å²) in [7, 11) is 1.65. The molecule has 27 heavy (non-hydrogen) atoms. The first-order valence-electron chi connectivity index (χ1n) is 9.47. The Morgan fingerprint density at radius 1 is 1.00 bits per heavy atom. The fraction of sp³-hybridized carbons (Fsp3) is 0.684. The van der Waals surface area contributed by atoms with Gasteiger partial charge in [-0.2, -0.15) is 0 Å². The van der Waals surface area contributed by atoms with Crippen molar-refractivity contribution in [2.45, 2.75) is 38.9 Å². The van der Waals surface area contributed by atoms with E-state index in [2.05, 4.69) is 16.8 Å². The Morgan fingerprint density at radius 2 is 1.52 bits per heavy atom. The third-order valence-electron chi connectivity index (χ3n) is 5.80. The SMILES string of the molecule is CN1CCN(CCOc2c(Cl)cc(B3OC(C)(C)C(C)(C)O3)cc2Cl)CC1. The molecule has 3 rings (SSSR count). The van der Waals surface area contributed by atoms with Gasteiger partial charge < -0.3 is 18.9 Å². The quantitative estimate of drug-likeness (QED) is 0.692. The summed E-state index contributed by atoms with van der Waals surface area (Å²) >= 11 is 12.9. The normalized spacial score (nSPS) is 23.0. The monoisotopic (exact) mass is 414 g/mol. The molecule has 0 unspecified atom stereocenters. The lowest BCUT2D eigenvalue weighted by atomic mass is 9.79. The molecular weight excluding hydrogens is 386 g/mol. The first-order valence-corrected chi connectivity index (χ1v) is 10.2. The molecule has 2 aliphatic heterocycles. The Hall–Kier alpha value is -0.495. The van der Waals surface area contributed by atoms with E-state index in [1.807, 2.05) is 39.8 Å². The number of nitrogens with zero attached hydrogens (tertiary/aromatic N) is 2. The first kappa shape index (κ1) is 21.2. The summed E-state index contributed by atoms with van der Waals surface area (Å²) in [6.07, 6.45) is 0. The van der Waals surface area contributed by atoms with E-state index < -0.39 is 18.3 Å². The first-order chi connectivity index (χ1) is 12.6. The predicted octanol–water partition coefficient (Wildman–Crippen LogP) is 2.92. The smallest absolute Gasteiger partial charge is 0.489 e. The van der Waals surface area contributed by atoms with Crippen LogP contribution in [0.25, 0.3) is 0 Å². The van der Waals surface area contributed by atoms with Crippen molar-refractivity contribution in [2.24, 2.45) is 0 Å². The number of ether oxygens (including phenoxy) is 1. The van der Waals surface area contributed by atoms with Crippen LogP contribution in [0.1, 0.15) is 27.7 Å². The zero-order chi connectivity index (χ0) is 19.8. The van der Waals surface area contributed by atoms with Gasteiger partial charge in [0.15, 0.2) is 5.75 Å². The van der Waals surface area contributed by atoms with Gasteiger partial charge in [-0.1, -0.05) is 23.2 Å². The van der Waals surface area contributed by atoms with Gasteiger partial charge in [0.25, 0.3) is 0 Å². The van der Waals surface area contributed by atoms with Gasteiger partial charge in [-0.05, 0) is 52.3 Å². The van der Waals surface area contributed by atoms with Crippen LogP contribution in [0.4, 0.5) is 0 Å². The largest absolute Gasteiger partial charge is 0.494 e. The predicted molar refractivity (Wildman–Crippen MR) is 112 cm³/mol. The second kappa shape index (κ2) is 8.09. The van der Waals surface area contributed by atoms with E-state index in [9.17, 15) is 0 Å². The van der Waals surface area contributed by atoms with Crippen LogP contribution >= 0.6 is 23.2 Å². The Kier molecular flexibility index (Phi) is 6.36. The number of likely N-dealkylation sites (N-methyl/N-ethyl adjacent to an activating group) is 1. The standard InChI is InChI=1S/C19H29BCl2N2O3/c1-18(2)19(3,4)27-20(26-18)14-12-15(21)17(16(22)13-14)25-11-10-24-8-6-23(5)7-9-24/h12-13H,6-11H2,1-5H3. The highest BCUT2D eigenvalue weighted by atomic mass is 35.5. The fourth-order valence-electron chi connectivity index (χ4n) is 3.18. The maximum atomic E-state index is 6.46. The van der Waals surface area contributed by atoms with Crippen LogP contribution in [-0.2, 0) is 9.31 Å². The Labute approximate surface area is 173 Å². The van der Waals surface area contributed by atoms with E-state index in [0.29, 0.717) is 22.4 Å². The maximum absolute atomic E-state index is 6.46. The minimum atomic E-state index is -0.496. The van der Waals surface area contributed by atoms with Crippen molar-refractivity contribution in [2.75, 3.05) is 46.4 Å². The van der Waals surface area contributed by atoms with Crippen LogP contribution in [0, 0.1) is 0 Å². The molecule has 5 nitrogen and oxygen atoms in total. The van der Waals surface area contributed by atoms with Gasteiger partial charge in [0, 0.05) is 32.7 Å². The molecule has 0 N–H and O–H groups in total. The molecule has 150 valence electrons. The summed E-state index contributed by atoms with van der Waals surface area (Å²) in [5, 5.41) is 0.955. The molecule has 0 radical (unpaired) electrons. The molecule has 1 aromatic carbocycles. The van der Waals surface area contributed by atoms with E-state index in [1.54, 1.807) is 0 Å². The van der Waals surface area contributed by atoms with Crippen molar-refractivity contribution in [1.29, 1.82) is 0 Å². The van der Waals surface area contributed by atoms with Gasteiger partial charge in [0.1, 0.15) is 6.61 Å². The lowest BCUT2D eigenvalue weighted by Crippen LogP contribution is -2.45. The molecule has 0 aliphatic carbocycles. The van der Waals surface area contributed by atoms with E-state index in [0.717, 1.165) is 38.2 Å². The zero-order valence-corrected chi connectivity index (χ0v) is 18.4. The zero-order valence-electron chi connectivity index (χ0n) is 16.8. The van der Waals surface area contributed by atoms with Crippen molar-refractivity contribution >= 4 is 35.8 Å². The van der Waals surface area contributed by atoms with Crippen molar-refractivity contribution < 1.29 is 14.0 Å². The molecular formula is C19H29BCl2N2O3. The van der Waals surface area contributed by atoms with Crippen LogP contribution in [0.15, 0.2) is 12.1 Å². The average Bonchev–Trinajstić information content (AvgIpc) is 2.79. The molecule has 2 fully saturated rings. The van der Waals surface area contributed by atoms with Crippen molar-refractivity contribution in [3.63, 3.8) is 0 Å². The number of piperazine rings is 1. The molecule has 0 spiro atoms. The fourth-order valence-corrected chi connectivity index (χ4v) is 3.79. The molecule has 0 aromatic heterocycles. The van der Waals surface area contributed by atoms with Gasteiger partial charge in [-0.25, -0.2) is 0 Å². The maximum Gasteiger partial charge on any atom is 0.494 e. The van der Waals surface area contributed by atoms with E-state index in [1.165, 1.54) is 0 Å². The number of hydrogen-bond donors (Lipinski definition) is 0. The summed E-state index contributed by atoms with van der Waals surface area (Å²) in [4.78, 5) is 4.72. The number of benzene rings is 1. The molecule has 2 heterocycles. The highest BCUT2D eigenvalue weighted by Crippen LogP contribution is 2.38. The molecule has 0 bridgehead atoms. The van der Waals surface area contributed by atoms with Crippen molar-refractivity contribution in [3.8, 4) is 5.75 Å². The third-order valence-corrected chi connectivity index (χ3v) is 6.36. The molecule has 0 atom stereocenters. The van der Waals surface area contributed by atoms with Gasteiger partial charge >= 0.3 is 7.12 Å². The molecule has 0 saturated carbocycles. The van der Waals surface area contributed by atoms with Crippen LogP contribution in [-0.4, -0.2) is 74.5 Å². The number of halogens is 2. The summed E-state index contributed by atoms with van der Waals surface area (Å²) in [5.74, 6) is 0.521. The number of hydrogen-bond acceptors (Lipinski definition) is 5. The molecule has 8 heteroatoms. The Bertz CT molecular complexity index is 640. The lowest BCUT2D eigenvalue weighted by Gasteiger charge is -2.32. The highest BCUT2D eigenvalue weighted by molar-refractivity contribution is 6.63. The molecule has 0 amide bonds. The van der Waals surface area contributed by atoms with Crippen LogP contribution in [0.2, 0.25) is 10.0 Å². The summed E-state index contributed by atoms with van der Waals surface area (Å²) in [6, 6.07) is 3.64. The van der Waals surface area contributed by atoms with Crippen LogP contribution in [0.3, 0.4) is 0 Å². The van der Waals surface area contributed by atoms with Crippen molar-refractivity contribution in [1.82, 2.24) is 9.80 Å². The van der Waals surface area contributed by atoms with E-state index in [-0.39, 0.29) is 0 Å². The molecule has 2 saturated heterocycles. The minimum absolute atomic E-state index is 0.408. The van der Waals surface area contributed by atoms with Crippen molar-refractivity contribution in [3.05, 3.63) is 22.2 Å². The van der Waals surface area contributed by atoms with Gasteiger partial charge in [0.2, 0.25) is 0 Å². The average molecular weight is 415 g/mol. The van der Waals surface area contributed by atoms with E-state index in [4.69, 9.17) is 37.2 Å². The van der Waals surface area contributed by atoms with E-state index >= 15 is 0 Å². The summed E-state index contributed by atoms with van der Waals surface area (Å²) in [6.45, 7) is 13.8. The lowest BCUT2D eigenvalue weighted by molar-refractivity contribution is 0.00578. The molecule has 2 aliphatic rings. The minimum Gasteiger partial charge on any atom is -0.489 e. The van der Waals surface area contributed by atoms with Crippen LogP contribution < -0.4 is 10.2 Å². The second-order valence-corrected chi connectivity index (χ2v) is 9.21. The number of rotatable bonds is 5. The topological polar surface area (TPSA) is 34.2 Å². The van der Waals surface area contributed by atoms with Gasteiger partial charge in [-0.15, -0.1) is 0 Å². The Balaban J connectivity index is 1.62. The summed E-state index contributed by atoms with van der Waals surface area (Å²) in [5.41, 5.74) is -0.0159. The highest BCUT2D eigenvalue weighted by Gasteiger charge is 2.51. The Morgan fingerprint density at radius 3 is 2.04 bits per heavy atom. The van der Waals surface area contributed by atoms with Crippen LogP contribution in [0.5, 0.6) is 5.75 Å². The molecule has 1 aromatic rings. The van der Waals surface area contributed by atoms with Gasteiger partial charge in [-0.3, -0.25) is 4.90 Å².